The van der Waals surface area contributed by atoms with E-state index in [0.29, 0.717) is 6.42 Å². The van der Waals surface area contributed by atoms with Crippen LogP contribution < -0.4 is 10.1 Å². The maximum atomic E-state index is 12.6. The van der Waals surface area contributed by atoms with Crippen molar-refractivity contribution in [1.29, 1.82) is 0 Å². The van der Waals surface area contributed by atoms with Gasteiger partial charge in [-0.2, -0.15) is 13.2 Å². The molecule has 184 valence electrons. The van der Waals surface area contributed by atoms with Crippen LogP contribution in [0.2, 0.25) is 0 Å². The number of anilines is 1. The van der Waals surface area contributed by atoms with Crippen LogP contribution in [0.25, 0.3) is 0 Å². The number of aromatic carboxylic acids is 1. The number of carbonyl (C=O) groups is 4. The molecule has 2 unspecified atom stereocenters. The number of nitrogens with one attached hydrogen (secondary N) is 1. The molecule has 2 fully saturated rings. The Morgan fingerprint density at radius 3 is 2.37 bits per heavy atom. The van der Waals surface area contributed by atoms with E-state index < -0.39 is 35.4 Å². The lowest BCUT2D eigenvalue weighted by molar-refractivity contribution is -0.146. The highest BCUT2D eigenvalue weighted by atomic mass is 19.4. The zero-order valence-electron chi connectivity index (χ0n) is 18.0. The highest BCUT2D eigenvalue weighted by Gasteiger charge is 2.53. The molecule has 2 aromatic rings. The lowest BCUT2D eigenvalue weighted by Gasteiger charge is -2.33. The average Bonchev–Trinajstić information content (AvgIpc) is 3.62. The van der Waals surface area contributed by atoms with Gasteiger partial charge < -0.3 is 25.0 Å². The van der Waals surface area contributed by atoms with Gasteiger partial charge in [-0.3, -0.25) is 14.4 Å². The molecule has 1 saturated carbocycles. The molecule has 35 heavy (non-hydrogen) atoms. The molecule has 0 radical (unpaired) electrons. The number of fused-ring (bicyclic) bond motifs is 1. The Hall–Kier alpha value is -4.16. The van der Waals surface area contributed by atoms with E-state index >= 15 is 0 Å². The van der Waals surface area contributed by atoms with Gasteiger partial charge in [0.25, 0.3) is 5.91 Å². The van der Waals surface area contributed by atoms with Gasteiger partial charge in [-0.15, -0.1) is 0 Å². The predicted molar refractivity (Wildman–Crippen MR) is 112 cm³/mol. The number of hydrogen-bond donors (Lipinski definition) is 2. The first-order chi connectivity index (χ1) is 16.6. The minimum atomic E-state index is -4.47. The van der Waals surface area contributed by atoms with Crippen LogP contribution in [-0.4, -0.2) is 75.4 Å². The fraction of sp³-hybridized carbons (Fsp3) is 0.318. The molecule has 1 aromatic heterocycles. The number of pyridine rings is 1. The Balaban J connectivity index is 1.30. The Labute approximate surface area is 196 Å². The van der Waals surface area contributed by atoms with E-state index in [0.717, 1.165) is 24.3 Å². The number of amides is 3. The number of hydrogen-bond acceptors (Lipinski definition) is 6. The second-order valence-corrected chi connectivity index (χ2v) is 7.93. The summed E-state index contributed by atoms with van der Waals surface area (Å²) in [7, 11) is 0. The minimum absolute atomic E-state index is 0.0768. The molecule has 2 N–H and O–H groups in total. The molecule has 4 rings (SSSR count). The molecule has 1 aliphatic heterocycles. The quantitative estimate of drug-likeness (QED) is 0.607. The van der Waals surface area contributed by atoms with Crippen LogP contribution in [0.5, 0.6) is 5.75 Å². The normalized spacial score (nSPS) is 18.9. The molecule has 1 aromatic carbocycles. The smallest absolute Gasteiger partial charge is 0.416 e. The lowest BCUT2D eigenvalue weighted by atomic mass is 10.2. The molecule has 2 heterocycles. The van der Waals surface area contributed by atoms with Crippen LogP contribution in [0.3, 0.4) is 0 Å². The van der Waals surface area contributed by atoms with Gasteiger partial charge in [0, 0.05) is 19.3 Å². The fourth-order valence-electron chi connectivity index (χ4n) is 3.88. The number of carbonyl (C=O) groups excluding carboxylic acids is 3. The number of alkyl halides is 3. The van der Waals surface area contributed by atoms with Crippen molar-refractivity contribution in [3.63, 3.8) is 0 Å². The first-order valence-corrected chi connectivity index (χ1v) is 10.5. The van der Waals surface area contributed by atoms with E-state index in [2.05, 4.69) is 10.3 Å². The molecule has 2 aliphatic rings. The topological polar surface area (TPSA) is 129 Å². The van der Waals surface area contributed by atoms with Gasteiger partial charge in [-0.05, 0) is 42.8 Å². The van der Waals surface area contributed by atoms with Crippen LogP contribution >= 0.6 is 0 Å². The Morgan fingerprint density at radius 2 is 1.71 bits per heavy atom. The van der Waals surface area contributed by atoms with Crippen molar-refractivity contribution < 1.29 is 42.2 Å². The van der Waals surface area contributed by atoms with Crippen LogP contribution in [0, 0.1) is 0 Å². The van der Waals surface area contributed by atoms with Crippen molar-refractivity contribution in [3.05, 3.63) is 53.7 Å². The number of ether oxygens (including phenoxy) is 1. The summed E-state index contributed by atoms with van der Waals surface area (Å²) in [5.41, 5.74) is -1.09. The number of carboxylic acid groups (broad SMARTS) is 1. The number of nitrogens with zero attached hydrogens (tertiary/aromatic N) is 3. The number of halogens is 3. The highest BCUT2D eigenvalue weighted by molar-refractivity contribution is 6.39. The summed E-state index contributed by atoms with van der Waals surface area (Å²) < 4.78 is 43.2. The van der Waals surface area contributed by atoms with E-state index in [1.165, 1.54) is 28.1 Å². The van der Waals surface area contributed by atoms with Gasteiger partial charge in [0.15, 0.2) is 6.61 Å². The van der Waals surface area contributed by atoms with Crippen LogP contribution in [0.4, 0.5) is 19.0 Å². The first kappa shape index (κ1) is 24.0. The van der Waals surface area contributed by atoms with Gasteiger partial charge in [0.1, 0.15) is 17.1 Å². The molecule has 1 saturated heterocycles. The maximum absolute atomic E-state index is 12.6. The van der Waals surface area contributed by atoms with E-state index in [1.54, 1.807) is 0 Å². The third-order valence-corrected chi connectivity index (χ3v) is 5.70. The maximum Gasteiger partial charge on any atom is 0.416 e. The summed E-state index contributed by atoms with van der Waals surface area (Å²) in [6.07, 6.45) is -2.74. The van der Waals surface area contributed by atoms with Crippen LogP contribution in [0.15, 0.2) is 42.6 Å². The van der Waals surface area contributed by atoms with Crippen molar-refractivity contribution in [2.75, 3.05) is 25.0 Å². The molecule has 3 amide bonds. The summed E-state index contributed by atoms with van der Waals surface area (Å²) in [4.78, 5) is 55.5. The van der Waals surface area contributed by atoms with Gasteiger partial charge in [-0.1, -0.05) is 0 Å². The second kappa shape index (κ2) is 9.24. The van der Waals surface area contributed by atoms with Crippen molar-refractivity contribution in [2.24, 2.45) is 0 Å². The minimum Gasteiger partial charge on any atom is -0.484 e. The Kier molecular flexibility index (Phi) is 6.33. The third-order valence-electron chi connectivity index (χ3n) is 5.70. The highest BCUT2D eigenvalue weighted by Crippen LogP contribution is 2.37. The summed E-state index contributed by atoms with van der Waals surface area (Å²) >= 11 is 0. The van der Waals surface area contributed by atoms with Crippen molar-refractivity contribution in [2.45, 2.75) is 24.7 Å². The van der Waals surface area contributed by atoms with Gasteiger partial charge >= 0.3 is 24.0 Å². The number of piperazine rings is 1. The summed E-state index contributed by atoms with van der Waals surface area (Å²) in [5.74, 6) is -3.75. The van der Waals surface area contributed by atoms with Gasteiger partial charge in [0.05, 0.1) is 17.6 Å². The average molecular weight is 492 g/mol. The van der Waals surface area contributed by atoms with E-state index in [-0.39, 0.29) is 48.9 Å². The molecule has 13 heteroatoms. The first-order valence-electron chi connectivity index (χ1n) is 10.5. The van der Waals surface area contributed by atoms with Crippen LogP contribution in [-0.2, 0) is 20.6 Å². The third kappa shape index (κ3) is 5.18. The van der Waals surface area contributed by atoms with E-state index in [4.69, 9.17) is 4.74 Å². The van der Waals surface area contributed by atoms with E-state index in [9.17, 15) is 37.5 Å². The van der Waals surface area contributed by atoms with Gasteiger partial charge in [0.2, 0.25) is 0 Å². The lowest BCUT2D eigenvalue weighted by Crippen LogP contribution is -2.53. The van der Waals surface area contributed by atoms with Gasteiger partial charge in [-0.25, -0.2) is 9.78 Å². The van der Waals surface area contributed by atoms with Crippen molar-refractivity contribution >= 4 is 29.5 Å². The molecule has 2 atom stereocenters. The monoisotopic (exact) mass is 492 g/mol. The Bertz CT molecular complexity index is 1170. The van der Waals surface area contributed by atoms with Crippen LogP contribution in [0.1, 0.15) is 22.3 Å². The molecular weight excluding hydrogens is 473 g/mol. The standard InChI is InChI=1S/C22H19F3N4O6/c23-22(24,25)12-3-5-13(6-4-12)35-11-17(30)28-8-9-29(16-10-15(16)28)20(32)19(31)27-18-14(21(33)34)2-1-7-26-18/h1-7,15-16H,8-11H2,(H,33,34)(H,26,27,31). The molecule has 0 spiro atoms. The summed E-state index contributed by atoms with van der Waals surface area (Å²) in [6, 6.07) is 5.91. The number of rotatable bonds is 5. The zero-order chi connectivity index (χ0) is 25.3. The SMILES string of the molecule is O=C(Nc1ncccc1C(=O)O)C(=O)N1CCN(C(=O)COc2ccc(C(F)(F)F)cc2)C2CC21. The summed E-state index contributed by atoms with van der Waals surface area (Å²) in [6.45, 7) is -0.173. The molecule has 10 nitrogen and oxygen atoms in total. The van der Waals surface area contributed by atoms with Crippen molar-refractivity contribution in [3.8, 4) is 5.75 Å². The van der Waals surface area contributed by atoms with E-state index in [1.807, 2.05) is 0 Å². The molecule has 1 aliphatic carbocycles. The molecule has 0 bridgehead atoms. The predicted octanol–water partition coefficient (Wildman–Crippen LogP) is 1.63. The Morgan fingerprint density at radius 1 is 1.06 bits per heavy atom. The summed E-state index contributed by atoms with van der Waals surface area (Å²) in [5, 5.41) is 11.4. The zero-order valence-corrected chi connectivity index (χ0v) is 18.0. The van der Waals surface area contributed by atoms with Crippen molar-refractivity contribution in [1.82, 2.24) is 14.8 Å². The number of benzene rings is 1. The number of carboxylic acids is 1. The fourth-order valence-corrected chi connectivity index (χ4v) is 3.88. The second-order valence-electron chi connectivity index (χ2n) is 7.93. The molecular formula is C22H19F3N4O6. The largest absolute Gasteiger partial charge is 0.484 e. The number of aromatic nitrogens is 1.